The van der Waals surface area contributed by atoms with Crippen LogP contribution in [0.25, 0.3) is 0 Å². The molecule has 1 aromatic heterocycles. The van der Waals surface area contributed by atoms with E-state index in [1.165, 1.54) is 18.4 Å². The molecule has 7 heteroatoms. The molecule has 1 N–H and O–H groups in total. The smallest absolute Gasteiger partial charge is 0.251 e. The molecule has 2 aromatic rings. The molecule has 4 rings (SSSR count). The minimum absolute atomic E-state index is 0.000535. The van der Waals surface area contributed by atoms with E-state index in [4.69, 9.17) is 16.9 Å². The summed E-state index contributed by atoms with van der Waals surface area (Å²) in [6.45, 7) is 2.87. The fraction of sp³-hybridized carbons (Fsp3) is 0.429. The van der Waals surface area contributed by atoms with Crippen LogP contribution in [0.15, 0.2) is 30.5 Å². The number of anilines is 1. The van der Waals surface area contributed by atoms with Crippen LogP contribution in [0.3, 0.4) is 0 Å². The van der Waals surface area contributed by atoms with E-state index in [-0.39, 0.29) is 28.8 Å². The van der Waals surface area contributed by atoms with Crippen molar-refractivity contribution in [3.8, 4) is 6.07 Å². The van der Waals surface area contributed by atoms with E-state index in [9.17, 15) is 4.79 Å². The Labute approximate surface area is 169 Å². The van der Waals surface area contributed by atoms with E-state index in [1.807, 2.05) is 18.2 Å². The van der Waals surface area contributed by atoms with Crippen molar-refractivity contribution in [1.82, 2.24) is 15.3 Å². The summed E-state index contributed by atoms with van der Waals surface area (Å²) in [6.07, 6.45) is 5.91. The van der Waals surface area contributed by atoms with Crippen molar-refractivity contribution in [2.75, 3.05) is 11.4 Å². The number of carbonyl (C=O) groups is 1. The Morgan fingerprint density at radius 3 is 2.68 bits per heavy atom. The molecule has 28 heavy (non-hydrogen) atoms. The van der Waals surface area contributed by atoms with Crippen molar-refractivity contribution in [1.29, 1.82) is 5.26 Å². The fourth-order valence-electron chi connectivity index (χ4n) is 3.81. The number of benzene rings is 1. The van der Waals surface area contributed by atoms with Gasteiger partial charge in [0.15, 0.2) is 10.8 Å². The second kappa shape index (κ2) is 7.76. The third-order valence-electron chi connectivity index (χ3n) is 5.64. The topological polar surface area (TPSA) is 81.9 Å². The van der Waals surface area contributed by atoms with E-state index in [2.05, 4.69) is 39.2 Å². The molecule has 1 unspecified atom stereocenters. The number of rotatable bonds is 4. The number of nitrogens with zero attached hydrogens (tertiary/aromatic N) is 4. The molecule has 1 saturated carbocycles. The highest BCUT2D eigenvalue weighted by atomic mass is 35.5. The summed E-state index contributed by atoms with van der Waals surface area (Å²) in [5.74, 6) is 1.26. The number of hydrogen-bond donors (Lipinski definition) is 1. The van der Waals surface area contributed by atoms with Crippen LogP contribution in [-0.4, -0.2) is 34.5 Å². The molecular weight excluding hydrogens is 374 g/mol. The molecule has 1 aliphatic heterocycles. The highest BCUT2D eigenvalue weighted by Crippen LogP contribution is 2.39. The summed E-state index contributed by atoms with van der Waals surface area (Å²) in [6, 6.07) is 9.93. The number of nitrogens with one attached hydrogen (secondary N) is 1. The van der Waals surface area contributed by atoms with Crippen molar-refractivity contribution in [2.24, 2.45) is 0 Å². The first-order valence-corrected chi connectivity index (χ1v) is 10.0. The zero-order chi connectivity index (χ0) is 19.7. The first kappa shape index (κ1) is 18.7. The van der Waals surface area contributed by atoms with Crippen molar-refractivity contribution in [3.05, 3.63) is 52.4 Å². The largest absolute Gasteiger partial charge is 0.351 e. The summed E-state index contributed by atoms with van der Waals surface area (Å²) in [5.41, 5.74) is 2.13. The molecule has 2 atom stereocenters. The van der Waals surface area contributed by atoms with E-state index < -0.39 is 0 Å². The average Bonchev–Trinajstić information content (AvgIpc) is 3.55. The fourth-order valence-corrected chi connectivity index (χ4v) is 3.98. The molecule has 1 saturated heterocycles. The van der Waals surface area contributed by atoms with Crippen LogP contribution in [0.5, 0.6) is 0 Å². The molecule has 1 amide bonds. The highest BCUT2D eigenvalue weighted by molar-refractivity contribution is 6.30. The molecule has 0 radical (unpaired) electrons. The quantitative estimate of drug-likeness (QED) is 0.854. The Morgan fingerprint density at radius 2 is 2.04 bits per heavy atom. The molecule has 1 aliphatic carbocycles. The molecule has 6 nitrogen and oxygen atoms in total. The number of carbonyl (C=O) groups excluding carboxylic acids is 1. The van der Waals surface area contributed by atoms with Crippen molar-refractivity contribution < 1.29 is 4.79 Å². The molecule has 0 bridgehead atoms. The van der Waals surface area contributed by atoms with Gasteiger partial charge >= 0.3 is 0 Å². The van der Waals surface area contributed by atoms with Gasteiger partial charge in [-0.15, -0.1) is 0 Å². The zero-order valence-electron chi connectivity index (χ0n) is 15.7. The van der Waals surface area contributed by atoms with E-state index in [0.717, 1.165) is 19.4 Å². The van der Waals surface area contributed by atoms with E-state index >= 15 is 0 Å². The standard InChI is InChI=1S/C21H22ClN5O/c1-13-17(25-21(28)16-8-6-15(7-9-16)14-4-5-14)3-2-10-27(13)19-12-24-18(11-23)20(22)26-19/h6-9,12-14,17H,2-5,10H2,1H3,(H,25,28)/t13-,17?/m1/s1. The van der Waals surface area contributed by atoms with Crippen LogP contribution in [0.2, 0.25) is 5.15 Å². The lowest BCUT2D eigenvalue weighted by molar-refractivity contribution is 0.0924. The third-order valence-corrected chi connectivity index (χ3v) is 5.91. The summed E-state index contributed by atoms with van der Waals surface area (Å²) in [5, 5.41) is 12.3. The first-order valence-electron chi connectivity index (χ1n) is 9.67. The van der Waals surface area contributed by atoms with Gasteiger partial charge in [-0.05, 0) is 56.2 Å². The van der Waals surface area contributed by atoms with Crippen LogP contribution >= 0.6 is 11.6 Å². The van der Waals surface area contributed by atoms with Gasteiger partial charge in [-0.3, -0.25) is 4.79 Å². The number of halogens is 1. The van der Waals surface area contributed by atoms with Crippen LogP contribution in [-0.2, 0) is 0 Å². The predicted octanol–water partition coefficient (Wildman–Crippen LogP) is 3.67. The molecule has 0 spiro atoms. The van der Waals surface area contributed by atoms with Crippen molar-refractivity contribution in [2.45, 2.75) is 50.6 Å². The summed E-state index contributed by atoms with van der Waals surface area (Å²) >= 11 is 6.04. The summed E-state index contributed by atoms with van der Waals surface area (Å²) < 4.78 is 0. The maximum absolute atomic E-state index is 12.7. The lowest BCUT2D eigenvalue weighted by atomic mass is 9.97. The Kier molecular flexibility index (Phi) is 5.19. The van der Waals surface area contributed by atoms with Crippen LogP contribution < -0.4 is 10.2 Å². The minimum atomic E-state index is -0.0509. The van der Waals surface area contributed by atoms with Crippen molar-refractivity contribution >= 4 is 23.3 Å². The second-order valence-electron chi connectivity index (χ2n) is 7.53. The Morgan fingerprint density at radius 1 is 1.29 bits per heavy atom. The first-order chi connectivity index (χ1) is 13.6. The maximum Gasteiger partial charge on any atom is 0.251 e. The van der Waals surface area contributed by atoms with Gasteiger partial charge in [-0.25, -0.2) is 9.97 Å². The van der Waals surface area contributed by atoms with Crippen molar-refractivity contribution in [3.63, 3.8) is 0 Å². The number of amides is 1. The Bertz CT molecular complexity index is 919. The van der Waals surface area contributed by atoms with Gasteiger partial charge in [0.1, 0.15) is 11.9 Å². The Hall–Kier alpha value is -2.65. The van der Waals surface area contributed by atoms with Crippen LogP contribution in [0.1, 0.15) is 60.1 Å². The minimum Gasteiger partial charge on any atom is -0.351 e. The molecule has 144 valence electrons. The van der Waals surface area contributed by atoms with Crippen LogP contribution in [0.4, 0.5) is 5.82 Å². The van der Waals surface area contributed by atoms with Gasteiger partial charge in [-0.1, -0.05) is 23.7 Å². The normalized spacial score (nSPS) is 21.8. The van der Waals surface area contributed by atoms with Gasteiger partial charge < -0.3 is 10.2 Å². The highest BCUT2D eigenvalue weighted by Gasteiger charge is 2.31. The monoisotopic (exact) mass is 395 g/mol. The molecule has 2 aliphatic rings. The SMILES string of the molecule is C[C@@H]1C(NC(=O)c2ccc(C3CC3)cc2)CCCN1c1cnc(C#N)c(Cl)n1. The number of aromatic nitrogens is 2. The lowest BCUT2D eigenvalue weighted by Gasteiger charge is -2.40. The molecular formula is C21H22ClN5O. The Balaban J connectivity index is 1.45. The van der Waals surface area contributed by atoms with Crippen LogP contribution in [0, 0.1) is 11.3 Å². The van der Waals surface area contributed by atoms with E-state index in [0.29, 0.717) is 17.3 Å². The summed E-state index contributed by atoms with van der Waals surface area (Å²) in [4.78, 5) is 23.2. The average molecular weight is 396 g/mol. The number of nitriles is 1. The number of piperidine rings is 1. The van der Waals surface area contributed by atoms with E-state index in [1.54, 1.807) is 6.20 Å². The summed E-state index contributed by atoms with van der Waals surface area (Å²) in [7, 11) is 0. The maximum atomic E-state index is 12.7. The lowest BCUT2D eigenvalue weighted by Crippen LogP contribution is -2.54. The van der Waals surface area contributed by atoms with Gasteiger partial charge in [0.25, 0.3) is 5.91 Å². The van der Waals surface area contributed by atoms with Gasteiger partial charge in [0, 0.05) is 24.2 Å². The van der Waals surface area contributed by atoms with Gasteiger partial charge in [0.05, 0.1) is 6.20 Å². The third kappa shape index (κ3) is 3.81. The predicted molar refractivity (Wildman–Crippen MR) is 107 cm³/mol. The molecule has 2 heterocycles. The number of hydrogen-bond acceptors (Lipinski definition) is 5. The second-order valence-corrected chi connectivity index (χ2v) is 7.89. The molecule has 1 aromatic carbocycles. The molecule has 2 fully saturated rings. The van der Waals surface area contributed by atoms with Gasteiger partial charge in [-0.2, -0.15) is 5.26 Å². The zero-order valence-corrected chi connectivity index (χ0v) is 16.5. The van der Waals surface area contributed by atoms with Gasteiger partial charge in [0.2, 0.25) is 0 Å².